The van der Waals surface area contributed by atoms with E-state index >= 15 is 0 Å². The number of hydrogen-bond donors (Lipinski definition) is 0. The molecule has 0 aromatic heterocycles. The van der Waals surface area contributed by atoms with E-state index < -0.39 is 0 Å². The number of rotatable bonds is 7. The minimum Gasteiger partial charge on any atom is -0.493 e. The second kappa shape index (κ2) is 11.1. The van der Waals surface area contributed by atoms with Crippen molar-refractivity contribution in [3.05, 3.63) is 93.3 Å². The highest BCUT2D eigenvalue weighted by molar-refractivity contribution is 9.10. The van der Waals surface area contributed by atoms with Crippen LogP contribution in [0.25, 0.3) is 6.08 Å². The van der Waals surface area contributed by atoms with E-state index in [4.69, 9.17) is 19.7 Å². The predicted molar refractivity (Wildman–Crippen MR) is 138 cm³/mol. The number of ether oxygens (including phenoxy) is 2. The summed E-state index contributed by atoms with van der Waals surface area (Å²) in [5, 5.41) is 9.44. The van der Waals surface area contributed by atoms with Crippen molar-refractivity contribution in [2.75, 3.05) is 13.7 Å². The van der Waals surface area contributed by atoms with Gasteiger partial charge in [0.25, 0.3) is 5.91 Å². The molecule has 8 heteroatoms. The second-order valence-corrected chi connectivity index (χ2v) is 9.06. The molecule has 1 fully saturated rings. The van der Waals surface area contributed by atoms with E-state index in [1.54, 1.807) is 17.0 Å². The number of nitriles is 1. The predicted octanol–water partition coefficient (Wildman–Crippen LogP) is 6.16. The van der Waals surface area contributed by atoms with Gasteiger partial charge in [0, 0.05) is 0 Å². The van der Waals surface area contributed by atoms with Crippen LogP contribution in [0.4, 0.5) is 5.69 Å². The number of amidine groups is 1. The lowest BCUT2D eigenvalue weighted by molar-refractivity contribution is -0.122. The van der Waals surface area contributed by atoms with Gasteiger partial charge in [0.05, 0.1) is 28.7 Å². The third kappa shape index (κ3) is 5.50. The summed E-state index contributed by atoms with van der Waals surface area (Å²) < 4.78 is 11.5. The topological polar surface area (TPSA) is 74.9 Å². The third-order valence-corrected chi connectivity index (χ3v) is 6.48. The Kier molecular flexibility index (Phi) is 7.68. The number of para-hydroxylation sites is 1. The summed E-state index contributed by atoms with van der Waals surface area (Å²) in [6.07, 6.45) is 1.81. The zero-order chi connectivity index (χ0) is 23.9. The maximum absolute atomic E-state index is 13.4. The molecule has 1 aliphatic heterocycles. The first-order chi connectivity index (χ1) is 16.6. The molecule has 1 aliphatic rings. The van der Waals surface area contributed by atoms with E-state index in [1.165, 1.54) is 18.9 Å². The van der Waals surface area contributed by atoms with Crippen LogP contribution in [-0.2, 0) is 11.3 Å². The summed E-state index contributed by atoms with van der Waals surface area (Å²) in [5.41, 5.74) is 2.55. The molecule has 6 nitrogen and oxygen atoms in total. The average molecular weight is 534 g/mol. The Labute approximate surface area is 210 Å². The number of hydrogen-bond acceptors (Lipinski definition) is 6. The van der Waals surface area contributed by atoms with Crippen LogP contribution in [0.15, 0.2) is 87.2 Å². The van der Waals surface area contributed by atoms with Crippen LogP contribution >= 0.6 is 27.7 Å². The van der Waals surface area contributed by atoms with Gasteiger partial charge in [0.15, 0.2) is 23.3 Å². The summed E-state index contributed by atoms with van der Waals surface area (Å²) in [5.74, 6) is 0.781. The summed E-state index contributed by atoms with van der Waals surface area (Å²) in [6, 6.07) is 24.9. The molecule has 0 aliphatic carbocycles. The number of nitrogens with zero attached hydrogens (tertiary/aromatic N) is 3. The highest BCUT2D eigenvalue weighted by Crippen LogP contribution is 2.39. The highest BCUT2D eigenvalue weighted by Gasteiger charge is 2.33. The average Bonchev–Trinajstić information content (AvgIpc) is 3.13. The number of benzene rings is 3. The lowest BCUT2D eigenvalue weighted by Gasteiger charge is -2.15. The van der Waals surface area contributed by atoms with Crippen LogP contribution in [-0.4, -0.2) is 29.7 Å². The van der Waals surface area contributed by atoms with Crippen molar-refractivity contribution in [3.63, 3.8) is 0 Å². The fraction of sp³-hybridized carbons (Fsp3) is 0.115. The number of carbonyl (C=O) groups excluding carboxylic acids is 1. The van der Waals surface area contributed by atoms with Crippen LogP contribution in [0.1, 0.15) is 11.1 Å². The van der Waals surface area contributed by atoms with Crippen molar-refractivity contribution in [3.8, 4) is 17.6 Å². The van der Waals surface area contributed by atoms with Crippen LogP contribution in [0.5, 0.6) is 11.5 Å². The quantitative estimate of drug-likeness (QED) is 0.339. The molecule has 0 radical (unpaired) electrons. The van der Waals surface area contributed by atoms with Gasteiger partial charge < -0.3 is 9.47 Å². The summed E-state index contributed by atoms with van der Waals surface area (Å²) >= 11 is 4.81. The maximum atomic E-state index is 13.4. The number of halogens is 1. The van der Waals surface area contributed by atoms with E-state index in [9.17, 15) is 4.79 Å². The van der Waals surface area contributed by atoms with Crippen molar-refractivity contribution in [2.45, 2.75) is 6.54 Å². The van der Waals surface area contributed by atoms with Crippen molar-refractivity contribution < 1.29 is 14.3 Å². The molecule has 3 aromatic carbocycles. The molecule has 1 heterocycles. The number of aliphatic imine (C=N–C) groups is 1. The van der Waals surface area contributed by atoms with Gasteiger partial charge in [0.2, 0.25) is 0 Å². The SMILES string of the molecule is COc1cc(/C=C2/SC(=Nc3ccccc3)N(Cc3ccccc3)C2=O)cc(Br)c1OCC#N. The van der Waals surface area contributed by atoms with E-state index in [-0.39, 0.29) is 12.5 Å². The highest BCUT2D eigenvalue weighted by atomic mass is 79.9. The smallest absolute Gasteiger partial charge is 0.267 e. The molecule has 0 spiro atoms. The van der Waals surface area contributed by atoms with Gasteiger partial charge in [-0.2, -0.15) is 5.26 Å². The molecule has 1 saturated heterocycles. The van der Waals surface area contributed by atoms with E-state index in [0.717, 1.165) is 16.8 Å². The van der Waals surface area contributed by atoms with Gasteiger partial charge in [0.1, 0.15) is 6.07 Å². The Morgan fingerprint density at radius 2 is 1.82 bits per heavy atom. The van der Waals surface area contributed by atoms with Gasteiger partial charge in [-0.25, -0.2) is 4.99 Å². The molecule has 1 amide bonds. The monoisotopic (exact) mass is 533 g/mol. The lowest BCUT2D eigenvalue weighted by Crippen LogP contribution is -2.28. The van der Waals surface area contributed by atoms with Crippen LogP contribution < -0.4 is 9.47 Å². The molecule has 170 valence electrons. The first-order valence-corrected chi connectivity index (χ1v) is 12.0. The van der Waals surface area contributed by atoms with Gasteiger partial charge in [-0.3, -0.25) is 9.69 Å². The molecule has 0 atom stereocenters. The molecular formula is C26H20BrN3O3S. The second-order valence-electron chi connectivity index (χ2n) is 7.20. The Morgan fingerprint density at radius 3 is 2.50 bits per heavy atom. The minimum atomic E-state index is -0.122. The molecule has 3 aromatic rings. The Hall–Kier alpha value is -3.54. The number of thioether (sulfide) groups is 1. The van der Waals surface area contributed by atoms with Crippen LogP contribution in [0.2, 0.25) is 0 Å². The van der Waals surface area contributed by atoms with Gasteiger partial charge in [-0.15, -0.1) is 0 Å². The van der Waals surface area contributed by atoms with E-state index in [1.807, 2.05) is 72.8 Å². The zero-order valence-electron chi connectivity index (χ0n) is 18.3. The van der Waals surface area contributed by atoms with Crippen molar-refractivity contribution in [1.29, 1.82) is 5.26 Å². The molecule has 4 rings (SSSR count). The largest absolute Gasteiger partial charge is 0.493 e. The summed E-state index contributed by atoms with van der Waals surface area (Å²) in [4.78, 5) is 20.4. The molecule has 0 N–H and O–H groups in total. The van der Waals surface area contributed by atoms with Crippen LogP contribution in [0.3, 0.4) is 0 Å². The maximum Gasteiger partial charge on any atom is 0.267 e. The number of amides is 1. The Balaban J connectivity index is 1.70. The summed E-state index contributed by atoms with van der Waals surface area (Å²) in [7, 11) is 1.53. The normalized spacial score (nSPS) is 15.6. The first kappa shape index (κ1) is 23.6. The number of methoxy groups -OCH3 is 1. The standard InChI is InChI=1S/C26H20BrN3O3S/c1-32-22-15-19(14-21(27)24(22)33-13-12-28)16-23-25(31)30(17-18-8-4-2-5-9-18)26(34-23)29-20-10-6-3-7-11-20/h2-11,14-16H,13,17H2,1H3/b23-16+,29-26?. The zero-order valence-corrected chi connectivity index (χ0v) is 20.7. The summed E-state index contributed by atoms with van der Waals surface area (Å²) in [6.45, 7) is 0.321. The lowest BCUT2D eigenvalue weighted by atomic mass is 10.1. The van der Waals surface area contributed by atoms with Crippen molar-refractivity contribution >= 4 is 50.5 Å². The Morgan fingerprint density at radius 1 is 1.12 bits per heavy atom. The van der Waals surface area contributed by atoms with Crippen molar-refractivity contribution in [1.82, 2.24) is 4.90 Å². The third-order valence-electron chi connectivity index (χ3n) is 4.88. The van der Waals surface area contributed by atoms with Gasteiger partial charge in [-0.05, 0) is 69.2 Å². The first-order valence-electron chi connectivity index (χ1n) is 10.4. The number of carbonyl (C=O) groups is 1. The van der Waals surface area contributed by atoms with E-state index in [0.29, 0.717) is 32.6 Å². The van der Waals surface area contributed by atoms with Gasteiger partial charge in [-0.1, -0.05) is 48.5 Å². The molecule has 0 bridgehead atoms. The van der Waals surface area contributed by atoms with Gasteiger partial charge >= 0.3 is 0 Å². The van der Waals surface area contributed by atoms with Crippen LogP contribution in [0, 0.1) is 11.3 Å². The van der Waals surface area contributed by atoms with Crippen molar-refractivity contribution in [2.24, 2.45) is 4.99 Å². The Bertz CT molecular complexity index is 1290. The molecule has 0 saturated carbocycles. The van der Waals surface area contributed by atoms with E-state index in [2.05, 4.69) is 15.9 Å². The molecule has 34 heavy (non-hydrogen) atoms. The minimum absolute atomic E-state index is 0.0997. The fourth-order valence-electron chi connectivity index (χ4n) is 3.33. The fourth-order valence-corrected chi connectivity index (χ4v) is 4.90. The molecule has 0 unspecified atom stereocenters. The molecular weight excluding hydrogens is 514 g/mol.